The lowest BCUT2D eigenvalue weighted by Gasteiger charge is -2.27. The Morgan fingerprint density at radius 3 is 2.70 bits per heavy atom. The van der Waals surface area contributed by atoms with Gasteiger partial charge in [0.1, 0.15) is 11.3 Å². The summed E-state index contributed by atoms with van der Waals surface area (Å²) >= 11 is -1.15. The summed E-state index contributed by atoms with van der Waals surface area (Å²) in [6, 6.07) is 9.62. The first kappa shape index (κ1) is 19.9. The molecule has 30 heavy (non-hydrogen) atoms. The summed E-state index contributed by atoms with van der Waals surface area (Å²) in [5, 5.41) is 4.79. The molecule has 0 bridgehead atoms. The van der Waals surface area contributed by atoms with Crippen LogP contribution in [0.4, 0.5) is 0 Å². The molecule has 1 atom stereocenters. The normalized spacial score (nSPS) is 23.0. The fourth-order valence-corrected chi connectivity index (χ4v) is 5.88. The lowest BCUT2D eigenvalue weighted by atomic mass is 9.86. The van der Waals surface area contributed by atoms with Crippen molar-refractivity contribution in [1.82, 2.24) is 10.3 Å². The summed E-state index contributed by atoms with van der Waals surface area (Å²) in [6.45, 7) is 0. The molecule has 0 radical (unpaired) electrons. The van der Waals surface area contributed by atoms with Gasteiger partial charge in [-0.15, -0.1) is 0 Å². The van der Waals surface area contributed by atoms with E-state index in [0.717, 1.165) is 65.8 Å². The molecule has 6 nitrogen and oxygen atoms in total. The zero-order valence-electron chi connectivity index (χ0n) is 17.1. The van der Waals surface area contributed by atoms with Crippen LogP contribution in [0, 0.1) is 5.92 Å². The maximum absolute atomic E-state index is 12.6. The number of nitrogens with zero attached hydrogens (tertiary/aromatic N) is 1. The number of amides is 1. The van der Waals surface area contributed by atoms with Crippen LogP contribution >= 0.6 is 0 Å². The minimum atomic E-state index is -1.15. The van der Waals surface area contributed by atoms with Crippen molar-refractivity contribution in [1.29, 1.82) is 0 Å². The molecule has 2 aliphatic carbocycles. The highest BCUT2D eigenvalue weighted by Gasteiger charge is 2.31. The van der Waals surface area contributed by atoms with Crippen molar-refractivity contribution in [2.45, 2.75) is 55.6 Å². The zero-order chi connectivity index (χ0) is 20.7. The summed E-state index contributed by atoms with van der Waals surface area (Å²) in [5.41, 5.74) is 1.80. The van der Waals surface area contributed by atoms with Gasteiger partial charge in [0.2, 0.25) is 0 Å². The Kier molecular flexibility index (Phi) is 5.47. The van der Waals surface area contributed by atoms with E-state index in [0.29, 0.717) is 22.7 Å². The molecule has 2 saturated carbocycles. The lowest BCUT2D eigenvalue weighted by Crippen LogP contribution is -2.37. The molecular weight excluding hydrogens is 416 g/mol. The van der Waals surface area contributed by atoms with Gasteiger partial charge in [-0.1, -0.05) is 11.3 Å². The van der Waals surface area contributed by atoms with Gasteiger partial charge in [-0.05, 0) is 56.7 Å². The molecule has 0 spiro atoms. The van der Waals surface area contributed by atoms with Crippen LogP contribution in [0.2, 0.25) is 0 Å². The van der Waals surface area contributed by atoms with Gasteiger partial charge in [0, 0.05) is 45.4 Å². The predicted octanol–water partition coefficient (Wildman–Crippen LogP) is 2.39. The van der Waals surface area contributed by atoms with E-state index in [4.69, 9.17) is 13.8 Å². The van der Waals surface area contributed by atoms with Crippen molar-refractivity contribution in [2.24, 2.45) is 5.92 Å². The topological polar surface area (TPSA) is 91.3 Å². The van der Waals surface area contributed by atoms with E-state index >= 15 is 0 Å². The summed E-state index contributed by atoms with van der Waals surface area (Å²) in [4.78, 5) is 17.3. The number of aromatic nitrogens is 1. The smallest absolute Gasteiger partial charge is 0.311 e. The van der Waals surface area contributed by atoms with E-state index < -0.39 is 11.2 Å². The summed E-state index contributed by atoms with van der Waals surface area (Å²) in [5.74, 6) is 2.31. The summed E-state index contributed by atoms with van der Waals surface area (Å²) in [6.07, 6.45) is 5.91. The zero-order valence-corrected chi connectivity index (χ0v) is 19.9. The number of fused-ring (bicyclic) bond motifs is 1. The Hall–Kier alpha value is -2.03. The van der Waals surface area contributed by atoms with Gasteiger partial charge in [-0.3, -0.25) is 4.79 Å². The first-order chi connectivity index (χ1) is 14.5. The minimum absolute atomic E-state index is 0.108. The second-order valence-electron chi connectivity index (χ2n) is 8.62. The average molecular weight is 443 g/mol. The molecule has 1 aromatic carbocycles. The number of hydrogen-bond acceptors (Lipinski definition) is 5. The molecule has 2 heterocycles. The molecule has 0 saturated heterocycles. The van der Waals surface area contributed by atoms with E-state index in [9.17, 15) is 9.35 Å². The number of oxazole rings is 1. The van der Waals surface area contributed by atoms with Gasteiger partial charge in [-0.25, -0.2) is 4.98 Å². The van der Waals surface area contributed by atoms with Crippen molar-refractivity contribution < 1.29 is 18.2 Å². The number of hydrogen-bond donors (Lipinski definition) is 1. The lowest BCUT2D eigenvalue weighted by molar-refractivity contribution is 0.0891. The first-order valence-corrected chi connectivity index (χ1v) is 13.0. The highest BCUT2D eigenvalue weighted by atomic mass is 32.2. The largest absolute Gasteiger partial charge is 0.609 e. The van der Waals surface area contributed by atoms with Gasteiger partial charge in [0.05, 0.1) is 0 Å². The van der Waals surface area contributed by atoms with Gasteiger partial charge >= 0.3 is 5.09 Å². The number of furan rings is 1. The molecule has 5 rings (SSSR count). The van der Waals surface area contributed by atoms with E-state index in [1.165, 1.54) is 5.19 Å². The van der Waals surface area contributed by atoms with Gasteiger partial charge in [0.15, 0.2) is 17.2 Å². The van der Waals surface area contributed by atoms with Gasteiger partial charge < -0.3 is 18.7 Å². The Morgan fingerprint density at radius 1 is 1.13 bits per heavy atom. The van der Waals surface area contributed by atoms with Crippen LogP contribution in [0.15, 0.2) is 44.3 Å². The molecule has 2 aliphatic rings. The fourth-order valence-electron chi connectivity index (χ4n) is 4.12. The standard InChI is InChI=1S/C22H26N2O4SSi/c25-21(19-9-10-20(27-19)29(26)12-13-1-2-13)23-15-5-3-14(4-6-15)22-24-17-11-16(30)7-8-18(17)28-22/h7-11,13-15H,1-6,12H2,30H3,(H,23,25). The highest BCUT2D eigenvalue weighted by molar-refractivity contribution is 7.91. The average Bonchev–Trinajstić information content (AvgIpc) is 3.25. The third kappa shape index (κ3) is 4.35. The molecule has 1 N–H and O–H groups in total. The molecule has 2 fully saturated rings. The maximum atomic E-state index is 12.6. The van der Waals surface area contributed by atoms with Crippen LogP contribution in [0.25, 0.3) is 11.1 Å². The number of benzene rings is 1. The molecule has 0 aliphatic heterocycles. The number of rotatable bonds is 6. The van der Waals surface area contributed by atoms with E-state index in [-0.39, 0.29) is 17.7 Å². The number of carbonyl (C=O) groups is 1. The second kappa shape index (κ2) is 8.24. The van der Waals surface area contributed by atoms with Crippen molar-refractivity contribution >= 4 is 43.6 Å². The first-order valence-electron chi connectivity index (χ1n) is 10.7. The van der Waals surface area contributed by atoms with Crippen LogP contribution in [-0.2, 0) is 11.2 Å². The fraction of sp³-hybridized carbons (Fsp3) is 0.455. The monoisotopic (exact) mass is 442 g/mol. The summed E-state index contributed by atoms with van der Waals surface area (Å²) in [7, 11) is 1.00. The Balaban J connectivity index is 1.15. The maximum Gasteiger partial charge on any atom is 0.311 e. The van der Waals surface area contributed by atoms with E-state index in [1.807, 2.05) is 6.07 Å². The number of carbonyl (C=O) groups excluding carboxylic acids is 1. The van der Waals surface area contributed by atoms with Crippen LogP contribution < -0.4 is 10.5 Å². The third-order valence-electron chi connectivity index (χ3n) is 6.08. The van der Waals surface area contributed by atoms with E-state index in [2.05, 4.69) is 17.4 Å². The third-order valence-corrected chi connectivity index (χ3v) is 8.15. The minimum Gasteiger partial charge on any atom is -0.609 e. The van der Waals surface area contributed by atoms with Crippen LogP contribution in [0.5, 0.6) is 0 Å². The predicted molar refractivity (Wildman–Crippen MR) is 119 cm³/mol. The number of nitrogens with one attached hydrogen (secondary N) is 1. The van der Waals surface area contributed by atoms with Crippen molar-refractivity contribution in [3.05, 3.63) is 42.0 Å². The van der Waals surface area contributed by atoms with Crippen molar-refractivity contribution in [2.75, 3.05) is 5.75 Å². The molecule has 3 aromatic rings. The van der Waals surface area contributed by atoms with Gasteiger partial charge in [-0.2, -0.15) is 0 Å². The van der Waals surface area contributed by atoms with Crippen LogP contribution in [0.3, 0.4) is 0 Å². The van der Waals surface area contributed by atoms with Gasteiger partial charge in [0.25, 0.3) is 5.91 Å². The molecule has 1 unspecified atom stereocenters. The Bertz CT molecular complexity index is 1050. The Morgan fingerprint density at radius 2 is 1.93 bits per heavy atom. The van der Waals surface area contributed by atoms with E-state index in [1.54, 1.807) is 12.1 Å². The highest BCUT2D eigenvalue weighted by Crippen LogP contribution is 2.34. The Labute approximate surface area is 181 Å². The molecule has 8 heteroatoms. The second-order valence-corrected chi connectivity index (χ2v) is 11.2. The molecule has 158 valence electrons. The van der Waals surface area contributed by atoms with Crippen LogP contribution in [0.1, 0.15) is 60.9 Å². The van der Waals surface area contributed by atoms with Crippen molar-refractivity contribution in [3.8, 4) is 0 Å². The van der Waals surface area contributed by atoms with Crippen LogP contribution in [-0.4, -0.2) is 37.5 Å². The SMILES string of the molecule is O=C(NC1CCC(c2nc3cc([SiH3])ccc3o2)CC1)c1ccc([S+]([O-])CC2CC2)o1. The molecular formula is C22H26N2O4SSi. The molecule has 1 amide bonds. The quantitative estimate of drug-likeness (QED) is 0.467. The van der Waals surface area contributed by atoms with Crippen molar-refractivity contribution in [3.63, 3.8) is 0 Å². The summed E-state index contributed by atoms with van der Waals surface area (Å²) < 4.78 is 23.8. The molecule has 2 aromatic heterocycles.